The van der Waals surface area contributed by atoms with Gasteiger partial charge in [-0.25, -0.2) is 9.37 Å². The van der Waals surface area contributed by atoms with Crippen LogP contribution in [0.2, 0.25) is 0 Å². The van der Waals surface area contributed by atoms with Crippen molar-refractivity contribution in [2.24, 2.45) is 5.92 Å². The summed E-state index contributed by atoms with van der Waals surface area (Å²) < 4.78 is 13.6. The van der Waals surface area contributed by atoms with E-state index in [1.807, 2.05) is 0 Å². The Morgan fingerprint density at radius 2 is 2.25 bits per heavy atom. The summed E-state index contributed by atoms with van der Waals surface area (Å²) >= 11 is 3.05. The van der Waals surface area contributed by atoms with Crippen molar-refractivity contribution in [2.45, 2.75) is 20.3 Å². The third-order valence-electron chi connectivity index (χ3n) is 1.55. The molecule has 1 nitrogen and oxygen atoms in total. The van der Waals surface area contributed by atoms with Gasteiger partial charge in [0.15, 0.2) is 5.82 Å². The number of aromatic nitrogens is 1. The first kappa shape index (κ1) is 9.65. The summed E-state index contributed by atoms with van der Waals surface area (Å²) in [5.41, 5.74) is 0.729. The molecule has 1 aromatic rings. The molecule has 1 heterocycles. The maximum absolute atomic E-state index is 13.3. The van der Waals surface area contributed by atoms with E-state index >= 15 is 0 Å². The van der Waals surface area contributed by atoms with Crippen molar-refractivity contribution in [1.82, 2.24) is 4.98 Å². The molecule has 0 radical (unpaired) electrons. The molecule has 0 unspecified atom stereocenters. The molecule has 0 saturated carbocycles. The molecule has 0 aliphatic carbocycles. The predicted octanol–water partition coefficient (Wildman–Crippen LogP) is 3.18. The van der Waals surface area contributed by atoms with Crippen LogP contribution < -0.4 is 0 Å². The maximum Gasteiger partial charge on any atom is 0.159 e. The Balaban J connectivity index is 2.92. The molecule has 0 fully saturated rings. The van der Waals surface area contributed by atoms with Gasteiger partial charge in [-0.3, -0.25) is 0 Å². The summed E-state index contributed by atoms with van der Waals surface area (Å²) in [6, 6.07) is 1.72. The van der Waals surface area contributed by atoms with Crippen molar-refractivity contribution >= 4 is 15.9 Å². The van der Waals surface area contributed by atoms with Crippen LogP contribution in [-0.2, 0) is 6.42 Å². The summed E-state index contributed by atoms with van der Waals surface area (Å²) in [4.78, 5) is 3.79. The summed E-state index contributed by atoms with van der Waals surface area (Å²) in [5.74, 6) is 0.236. The lowest BCUT2D eigenvalue weighted by Crippen LogP contribution is -1.98. The molecule has 66 valence electrons. The number of pyridine rings is 1. The lowest BCUT2D eigenvalue weighted by atomic mass is 10.0. The first-order valence-corrected chi connectivity index (χ1v) is 4.69. The zero-order chi connectivity index (χ0) is 9.14. The molecule has 0 atom stereocenters. The molecule has 0 spiro atoms. The Bertz CT molecular complexity index is 273. The van der Waals surface area contributed by atoms with Gasteiger partial charge in [0.05, 0.1) is 0 Å². The topological polar surface area (TPSA) is 12.9 Å². The molecule has 0 aliphatic heterocycles. The average Bonchev–Trinajstić information content (AvgIpc) is 1.98. The van der Waals surface area contributed by atoms with Crippen molar-refractivity contribution in [2.75, 3.05) is 0 Å². The van der Waals surface area contributed by atoms with Gasteiger partial charge < -0.3 is 0 Å². The summed E-state index contributed by atoms with van der Waals surface area (Å²) in [7, 11) is 0. The van der Waals surface area contributed by atoms with Crippen LogP contribution in [0.5, 0.6) is 0 Å². The normalized spacial score (nSPS) is 10.8. The quantitative estimate of drug-likeness (QED) is 0.713. The van der Waals surface area contributed by atoms with Gasteiger partial charge in [-0.1, -0.05) is 13.8 Å². The van der Waals surface area contributed by atoms with E-state index in [0.29, 0.717) is 10.5 Å². The molecule has 1 rings (SSSR count). The highest BCUT2D eigenvalue weighted by molar-refractivity contribution is 9.10. The van der Waals surface area contributed by atoms with Gasteiger partial charge in [-0.2, -0.15) is 0 Å². The lowest BCUT2D eigenvalue weighted by Gasteiger charge is -2.05. The molecule has 1 aromatic heterocycles. The van der Waals surface area contributed by atoms with Crippen LogP contribution in [0, 0.1) is 11.7 Å². The van der Waals surface area contributed by atoms with Gasteiger partial charge in [0, 0.05) is 6.20 Å². The molecule has 0 bridgehead atoms. The highest BCUT2D eigenvalue weighted by Crippen LogP contribution is 2.18. The molecular formula is C9H11BrFN. The van der Waals surface area contributed by atoms with Gasteiger partial charge in [0.1, 0.15) is 4.60 Å². The first-order chi connectivity index (χ1) is 5.61. The van der Waals surface area contributed by atoms with E-state index in [-0.39, 0.29) is 5.82 Å². The molecular weight excluding hydrogens is 221 g/mol. The van der Waals surface area contributed by atoms with E-state index in [1.165, 1.54) is 0 Å². The number of nitrogens with zero attached hydrogens (tertiary/aromatic N) is 1. The summed E-state index contributed by atoms with van der Waals surface area (Å²) in [6.45, 7) is 4.13. The zero-order valence-corrected chi connectivity index (χ0v) is 8.73. The fourth-order valence-electron chi connectivity index (χ4n) is 1.05. The Morgan fingerprint density at radius 3 is 2.83 bits per heavy atom. The highest BCUT2D eigenvalue weighted by Gasteiger charge is 2.07. The SMILES string of the molecule is CC(C)Cc1ccnc(Br)c1F. The minimum atomic E-state index is -0.230. The second-order valence-electron chi connectivity index (χ2n) is 3.17. The predicted molar refractivity (Wildman–Crippen MR) is 50.4 cm³/mol. The number of halogens is 2. The van der Waals surface area contributed by atoms with Gasteiger partial charge >= 0.3 is 0 Å². The van der Waals surface area contributed by atoms with Crippen LogP contribution in [-0.4, -0.2) is 4.98 Å². The maximum atomic E-state index is 13.3. The minimum absolute atomic E-state index is 0.230. The summed E-state index contributed by atoms with van der Waals surface area (Å²) in [6.07, 6.45) is 2.37. The smallest absolute Gasteiger partial charge is 0.159 e. The molecule has 0 amide bonds. The van der Waals surface area contributed by atoms with E-state index in [1.54, 1.807) is 12.3 Å². The minimum Gasteiger partial charge on any atom is -0.246 e. The van der Waals surface area contributed by atoms with E-state index < -0.39 is 0 Å². The molecule has 3 heteroatoms. The van der Waals surface area contributed by atoms with Gasteiger partial charge in [-0.15, -0.1) is 0 Å². The van der Waals surface area contributed by atoms with Crippen molar-refractivity contribution in [3.63, 3.8) is 0 Å². The van der Waals surface area contributed by atoms with E-state index in [0.717, 1.165) is 12.0 Å². The van der Waals surface area contributed by atoms with Gasteiger partial charge in [-0.05, 0) is 39.9 Å². The number of hydrogen-bond acceptors (Lipinski definition) is 1. The lowest BCUT2D eigenvalue weighted by molar-refractivity contribution is 0.563. The molecule has 0 aliphatic rings. The largest absolute Gasteiger partial charge is 0.246 e. The first-order valence-electron chi connectivity index (χ1n) is 3.90. The second kappa shape index (κ2) is 3.99. The molecule has 0 aromatic carbocycles. The molecule has 0 N–H and O–H groups in total. The fraction of sp³-hybridized carbons (Fsp3) is 0.444. The highest BCUT2D eigenvalue weighted by atomic mass is 79.9. The standard InChI is InChI=1S/C9H11BrFN/c1-6(2)5-7-3-4-12-9(10)8(7)11/h3-4,6H,5H2,1-2H3. The van der Waals surface area contributed by atoms with Crippen LogP contribution in [0.4, 0.5) is 4.39 Å². The third kappa shape index (κ3) is 2.27. The monoisotopic (exact) mass is 231 g/mol. The van der Waals surface area contributed by atoms with Gasteiger partial charge in [0.2, 0.25) is 0 Å². The Labute approximate surface area is 80.1 Å². The van der Waals surface area contributed by atoms with Crippen molar-refractivity contribution in [3.05, 3.63) is 28.2 Å². The van der Waals surface area contributed by atoms with Crippen LogP contribution >= 0.6 is 15.9 Å². The van der Waals surface area contributed by atoms with E-state index in [2.05, 4.69) is 34.8 Å². The van der Waals surface area contributed by atoms with Crippen LogP contribution in [0.3, 0.4) is 0 Å². The Morgan fingerprint density at radius 1 is 1.58 bits per heavy atom. The van der Waals surface area contributed by atoms with E-state index in [9.17, 15) is 4.39 Å². The van der Waals surface area contributed by atoms with Crippen molar-refractivity contribution < 1.29 is 4.39 Å². The van der Waals surface area contributed by atoms with Crippen molar-refractivity contribution in [3.8, 4) is 0 Å². The third-order valence-corrected chi connectivity index (χ3v) is 2.11. The second-order valence-corrected chi connectivity index (χ2v) is 3.92. The van der Waals surface area contributed by atoms with Crippen LogP contribution in [0.15, 0.2) is 16.9 Å². The number of rotatable bonds is 2. The van der Waals surface area contributed by atoms with Crippen LogP contribution in [0.1, 0.15) is 19.4 Å². The van der Waals surface area contributed by atoms with Crippen molar-refractivity contribution in [1.29, 1.82) is 0 Å². The fourth-order valence-corrected chi connectivity index (χ4v) is 1.43. The molecule has 12 heavy (non-hydrogen) atoms. The summed E-state index contributed by atoms with van der Waals surface area (Å²) in [5, 5.41) is 0. The molecule has 0 saturated heterocycles. The van der Waals surface area contributed by atoms with E-state index in [4.69, 9.17) is 0 Å². The van der Waals surface area contributed by atoms with Crippen LogP contribution in [0.25, 0.3) is 0 Å². The number of hydrogen-bond donors (Lipinski definition) is 0. The zero-order valence-electron chi connectivity index (χ0n) is 7.14. The Hall–Kier alpha value is -0.440. The van der Waals surface area contributed by atoms with Gasteiger partial charge in [0.25, 0.3) is 0 Å². The Kier molecular flexibility index (Phi) is 3.20. The average molecular weight is 232 g/mol.